The topological polar surface area (TPSA) is 55.4 Å². The number of aryl methyl sites for hydroxylation is 1. The van der Waals surface area contributed by atoms with Gasteiger partial charge in [-0.05, 0) is 50.5 Å². The number of ether oxygens (including phenoxy) is 1. The molecule has 1 fully saturated rings. The molecule has 2 aromatic carbocycles. The van der Waals surface area contributed by atoms with Crippen LogP contribution in [-0.4, -0.2) is 20.6 Å². The first-order valence-electron chi connectivity index (χ1n) is 8.35. The van der Waals surface area contributed by atoms with Gasteiger partial charge in [0.2, 0.25) is 10.0 Å². The minimum atomic E-state index is -3.53. The van der Waals surface area contributed by atoms with E-state index < -0.39 is 10.0 Å². The van der Waals surface area contributed by atoms with Crippen molar-refractivity contribution in [1.82, 2.24) is 4.72 Å². The number of para-hydroxylation sites is 1. The van der Waals surface area contributed by atoms with Crippen molar-refractivity contribution in [3.8, 4) is 5.75 Å². The predicted molar refractivity (Wildman–Crippen MR) is 94.6 cm³/mol. The smallest absolute Gasteiger partial charge is 0.240 e. The monoisotopic (exact) mass is 345 g/mol. The van der Waals surface area contributed by atoms with Crippen LogP contribution in [0.3, 0.4) is 0 Å². The lowest BCUT2D eigenvalue weighted by Gasteiger charge is -2.32. The minimum absolute atomic E-state index is 0.138. The number of rotatable bonds is 5. The normalized spacial score (nSPS) is 21.4. The molecule has 1 saturated carbocycles. The lowest BCUT2D eigenvalue weighted by atomic mass is 9.93. The highest BCUT2D eigenvalue weighted by Crippen LogP contribution is 2.25. The SMILES string of the molecule is Cc1ccc(S(=O)(=O)N[C@H]2CCCC[C@@H]2Oc2ccccc2)cc1. The summed E-state index contributed by atoms with van der Waals surface area (Å²) in [6.45, 7) is 1.94. The molecular weight excluding hydrogens is 322 g/mol. The lowest BCUT2D eigenvalue weighted by Crippen LogP contribution is -2.47. The van der Waals surface area contributed by atoms with Crippen LogP contribution >= 0.6 is 0 Å². The van der Waals surface area contributed by atoms with Gasteiger partial charge in [-0.25, -0.2) is 13.1 Å². The molecular formula is C19H23NO3S. The number of hydrogen-bond donors (Lipinski definition) is 1. The molecule has 0 aliphatic heterocycles. The first-order valence-corrected chi connectivity index (χ1v) is 9.84. The summed E-state index contributed by atoms with van der Waals surface area (Å²) in [6.07, 6.45) is 3.58. The third kappa shape index (κ3) is 4.16. The van der Waals surface area contributed by atoms with Crippen molar-refractivity contribution in [2.24, 2.45) is 0 Å². The van der Waals surface area contributed by atoms with Gasteiger partial charge in [-0.1, -0.05) is 42.3 Å². The van der Waals surface area contributed by atoms with Crippen molar-refractivity contribution in [2.75, 3.05) is 0 Å². The van der Waals surface area contributed by atoms with Crippen LogP contribution in [0.4, 0.5) is 0 Å². The highest BCUT2D eigenvalue weighted by molar-refractivity contribution is 7.89. The highest BCUT2D eigenvalue weighted by atomic mass is 32.2. The predicted octanol–water partition coefficient (Wildman–Crippen LogP) is 3.66. The first-order chi connectivity index (χ1) is 11.5. The maximum absolute atomic E-state index is 12.6. The molecule has 1 aliphatic rings. The molecule has 1 aliphatic carbocycles. The van der Waals surface area contributed by atoms with E-state index in [0.717, 1.165) is 37.0 Å². The summed E-state index contributed by atoms with van der Waals surface area (Å²) < 4.78 is 34.2. The summed E-state index contributed by atoms with van der Waals surface area (Å²) in [5.74, 6) is 0.781. The van der Waals surface area contributed by atoms with Gasteiger partial charge >= 0.3 is 0 Å². The molecule has 0 amide bonds. The van der Waals surface area contributed by atoms with Crippen LogP contribution in [0.15, 0.2) is 59.5 Å². The van der Waals surface area contributed by atoms with Crippen molar-refractivity contribution >= 4 is 10.0 Å². The first kappa shape index (κ1) is 17.0. The van der Waals surface area contributed by atoms with E-state index in [1.165, 1.54) is 0 Å². The molecule has 0 saturated heterocycles. The average molecular weight is 345 g/mol. The van der Waals surface area contributed by atoms with Crippen LogP contribution in [0, 0.1) is 6.92 Å². The summed E-state index contributed by atoms with van der Waals surface area (Å²) in [5, 5.41) is 0. The van der Waals surface area contributed by atoms with Crippen molar-refractivity contribution in [3.05, 3.63) is 60.2 Å². The van der Waals surface area contributed by atoms with Crippen LogP contribution in [-0.2, 0) is 10.0 Å². The molecule has 2 atom stereocenters. The Morgan fingerprint density at radius 2 is 1.62 bits per heavy atom. The Kier molecular flexibility index (Phi) is 5.21. The van der Waals surface area contributed by atoms with Crippen LogP contribution < -0.4 is 9.46 Å². The molecule has 0 aromatic heterocycles. The van der Waals surface area contributed by atoms with Crippen LogP contribution in [0.2, 0.25) is 0 Å². The minimum Gasteiger partial charge on any atom is -0.489 e. The number of benzene rings is 2. The van der Waals surface area contributed by atoms with Gasteiger partial charge in [0.25, 0.3) is 0 Å². The molecule has 0 radical (unpaired) electrons. The maximum atomic E-state index is 12.6. The van der Waals surface area contributed by atoms with E-state index in [0.29, 0.717) is 4.90 Å². The summed E-state index contributed by atoms with van der Waals surface area (Å²) in [7, 11) is -3.53. The van der Waals surface area contributed by atoms with E-state index in [1.807, 2.05) is 49.4 Å². The van der Waals surface area contributed by atoms with Gasteiger partial charge in [0.05, 0.1) is 10.9 Å². The summed E-state index contributed by atoms with van der Waals surface area (Å²) in [6, 6.07) is 16.3. The van der Waals surface area contributed by atoms with E-state index in [4.69, 9.17) is 4.74 Å². The van der Waals surface area contributed by atoms with E-state index in [-0.39, 0.29) is 12.1 Å². The van der Waals surface area contributed by atoms with Crippen molar-refractivity contribution in [3.63, 3.8) is 0 Å². The molecule has 0 spiro atoms. The fraction of sp³-hybridized carbons (Fsp3) is 0.368. The standard InChI is InChI=1S/C19H23NO3S/c1-15-11-13-17(14-12-15)24(21,22)20-18-9-5-6-10-19(18)23-16-7-3-2-4-8-16/h2-4,7-8,11-14,18-20H,5-6,9-10H2,1H3/t18-,19-/m0/s1. The van der Waals surface area contributed by atoms with Crippen LogP contribution in [0.1, 0.15) is 31.2 Å². The number of nitrogens with one attached hydrogen (secondary N) is 1. The molecule has 1 N–H and O–H groups in total. The Morgan fingerprint density at radius 1 is 0.958 bits per heavy atom. The molecule has 5 heteroatoms. The van der Waals surface area contributed by atoms with Crippen LogP contribution in [0.5, 0.6) is 5.75 Å². The number of sulfonamides is 1. The summed E-state index contributed by atoms with van der Waals surface area (Å²) in [4.78, 5) is 0.303. The zero-order chi connectivity index (χ0) is 17.0. The van der Waals surface area contributed by atoms with Gasteiger partial charge in [0, 0.05) is 0 Å². The molecule has 128 valence electrons. The van der Waals surface area contributed by atoms with Crippen molar-refractivity contribution in [1.29, 1.82) is 0 Å². The molecule has 0 unspecified atom stereocenters. The molecule has 0 heterocycles. The summed E-state index contributed by atoms with van der Waals surface area (Å²) >= 11 is 0. The van der Waals surface area contributed by atoms with Gasteiger partial charge in [-0.3, -0.25) is 0 Å². The fourth-order valence-electron chi connectivity index (χ4n) is 3.03. The Bertz CT molecular complexity index is 757. The Labute approximate surface area is 143 Å². The van der Waals surface area contributed by atoms with E-state index in [2.05, 4.69) is 4.72 Å². The second-order valence-corrected chi connectivity index (χ2v) is 8.01. The van der Waals surface area contributed by atoms with Crippen LogP contribution in [0.25, 0.3) is 0 Å². The number of hydrogen-bond acceptors (Lipinski definition) is 3. The second-order valence-electron chi connectivity index (χ2n) is 6.29. The van der Waals surface area contributed by atoms with Gasteiger partial charge < -0.3 is 4.74 Å². The maximum Gasteiger partial charge on any atom is 0.240 e. The molecule has 2 aromatic rings. The zero-order valence-corrected chi connectivity index (χ0v) is 14.6. The molecule has 24 heavy (non-hydrogen) atoms. The van der Waals surface area contributed by atoms with Gasteiger partial charge in [-0.15, -0.1) is 0 Å². The Hall–Kier alpha value is -1.85. The largest absolute Gasteiger partial charge is 0.489 e. The third-order valence-electron chi connectivity index (χ3n) is 4.37. The molecule has 3 rings (SSSR count). The Morgan fingerprint density at radius 3 is 2.33 bits per heavy atom. The van der Waals surface area contributed by atoms with E-state index in [1.54, 1.807) is 12.1 Å². The average Bonchev–Trinajstić information content (AvgIpc) is 2.58. The fourth-order valence-corrected chi connectivity index (χ4v) is 4.33. The summed E-state index contributed by atoms with van der Waals surface area (Å²) in [5.41, 5.74) is 1.04. The van der Waals surface area contributed by atoms with Crippen molar-refractivity contribution in [2.45, 2.75) is 49.6 Å². The van der Waals surface area contributed by atoms with Gasteiger partial charge in [0.15, 0.2) is 0 Å². The van der Waals surface area contributed by atoms with E-state index >= 15 is 0 Å². The third-order valence-corrected chi connectivity index (χ3v) is 5.88. The molecule has 0 bridgehead atoms. The van der Waals surface area contributed by atoms with Gasteiger partial charge in [-0.2, -0.15) is 0 Å². The highest BCUT2D eigenvalue weighted by Gasteiger charge is 2.31. The Balaban J connectivity index is 1.74. The van der Waals surface area contributed by atoms with Crippen molar-refractivity contribution < 1.29 is 13.2 Å². The zero-order valence-electron chi connectivity index (χ0n) is 13.8. The quantitative estimate of drug-likeness (QED) is 0.900. The molecule has 4 nitrogen and oxygen atoms in total. The lowest BCUT2D eigenvalue weighted by molar-refractivity contribution is 0.125. The van der Waals surface area contributed by atoms with E-state index in [9.17, 15) is 8.42 Å². The second kappa shape index (κ2) is 7.36. The van der Waals surface area contributed by atoms with Gasteiger partial charge in [0.1, 0.15) is 11.9 Å².